The summed E-state index contributed by atoms with van der Waals surface area (Å²) in [5.74, 6) is -0.419. The molecule has 28 heavy (non-hydrogen) atoms. The average molecular weight is 412 g/mol. The second-order valence-corrected chi connectivity index (χ2v) is 7.95. The van der Waals surface area contributed by atoms with Crippen molar-refractivity contribution in [1.82, 2.24) is 9.80 Å². The van der Waals surface area contributed by atoms with Crippen molar-refractivity contribution in [3.63, 3.8) is 0 Å². The van der Waals surface area contributed by atoms with Crippen LogP contribution in [-0.4, -0.2) is 46.5 Å². The van der Waals surface area contributed by atoms with E-state index in [2.05, 4.69) is 6.92 Å². The third-order valence-electron chi connectivity index (χ3n) is 4.82. The Kier molecular flexibility index (Phi) is 5.83. The number of likely N-dealkylation sites (tertiary alicyclic amines) is 1. The molecule has 2 aliphatic rings. The van der Waals surface area contributed by atoms with Gasteiger partial charge >= 0.3 is 6.18 Å². The van der Waals surface area contributed by atoms with Gasteiger partial charge in [-0.2, -0.15) is 13.2 Å². The minimum absolute atomic E-state index is 0.00407. The average Bonchev–Trinajstić information content (AvgIpc) is 2.89. The fourth-order valence-corrected chi connectivity index (χ4v) is 3.92. The van der Waals surface area contributed by atoms with E-state index in [1.54, 1.807) is 4.90 Å². The standard InChI is InChI=1S/C19H19F3N2O3S/c1-12-5-7-23(8-6-12)16(25)11-24-17(26)15(28-18(24)27)10-13-3-2-4-14(9-13)19(20,21)22/h2-4,9-10,12H,5-8,11H2,1H3/b15-10+. The van der Waals surface area contributed by atoms with Gasteiger partial charge < -0.3 is 4.90 Å². The zero-order valence-electron chi connectivity index (χ0n) is 15.2. The van der Waals surface area contributed by atoms with E-state index in [4.69, 9.17) is 0 Å². The monoisotopic (exact) mass is 412 g/mol. The second kappa shape index (κ2) is 7.98. The molecule has 9 heteroatoms. The van der Waals surface area contributed by atoms with Crippen molar-refractivity contribution < 1.29 is 27.6 Å². The minimum atomic E-state index is -4.50. The molecule has 1 aromatic carbocycles. The van der Waals surface area contributed by atoms with Gasteiger partial charge in [0.1, 0.15) is 6.54 Å². The Morgan fingerprint density at radius 3 is 2.57 bits per heavy atom. The molecule has 3 rings (SSSR count). The lowest BCUT2D eigenvalue weighted by atomic mass is 9.99. The van der Waals surface area contributed by atoms with Gasteiger partial charge in [0.15, 0.2) is 0 Å². The first-order valence-corrected chi connectivity index (χ1v) is 9.67. The summed E-state index contributed by atoms with van der Waals surface area (Å²) in [6.45, 7) is 2.95. The van der Waals surface area contributed by atoms with E-state index in [0.29, 0.717) is 30.8 Å². The molecule has 150 valence electrons. The van der Waals surface area contributed by atoms with Crippen LogP contribution in [0.1, 0.15) is 30.9 Å². The SMILES string of the molecule is CC1CCN(C(=O)CN2C(=O)S/C(=C/c3cccc(C(F)(F)F)c3)C2=O)CC1. The summed E-state index contributed by atoms with van der Waals surface area (Å²) in [7, 11) is 0. The van der Waals surface area contributed by atoms with Crippen LogP contribution in [-0.2, 0) is 15.8 Å². The maximum absolute atomic E-state index is 12.8. The highest BCUT2D eigenvalue weighted by atomic mass is 32.2. The number of hydrogen-bond acceptors (Lipinski definition) is 4. The number of rotatable bonds is 3. The molecule has 0 aromatic heterocycles. The molecule has 0 radical (unpaired) electrons. The van der Waals surface area contributed by atoms with Gasteiger partial charge in [-0.15, -0.1) is 0 Å². The molecule has 0 aliphatic carbocycles. The van der Waals surface area contributed by atoms with Crippen molar-refractivity contribution in [3.8, 4) is 0 Å². The summed E-state index contributed by atoms with van der Waals surface area (Å²) in [6.07, 6.45) is -1.50. The summed E-state index contributed by atoms with van der Waals surface area (Å²) in [6, 6.07) is 4.50. The Balaban J connectivity index is 1.71. The number of alkyl halides is 3. The number of imide groups is 1. The van der Waals surface area contributed by atoms with Crippen molar-refractivity contribution in [2.24, 2.45) is 5.92 Å². The van der Waals surface area contributed by atoms with Gasteiger partial charge in [0.05, 0.1) is 10.5 Å². The fraction of sp³-hybridized carbons (Fsp3) is 0.421. The van der Waals surface area contributed by atoms with Gasteiger partial charge in [-0.1, -0.05) is 19.1 Å². The topological polar surface area (TPSA) is 57.7 Å². The van der Waals surface area contributed by atoms with Gasteiger partial charge in [-0.25, -0.2) is 0 Å². The largest absolute Gasteiger partial charge is 0.416 e. The summed E-state index contributed by atoms with van der Waals surface area (Å²) in [5, 5.41) is -0.595. The van der Waals surface area contributed by atoms with E-state index in [1.807, 2.05) is 0 Å². The molecule has 0 atom stereocenters. The summed E-state index contributed by atoms with van der Waals surface area (Å²) in [5.41, 5.74) is -0.674. The number of amides is 3. The third kappa shape index (κ3) is 4.57. The Labute approximate surface area is 164 Å². The van der Waals surface area contributed by atoms with Crippen LogP contribution >= 0.6 is 11.8 Å². The zero-order chi connectivity index (χ0) is 20.5. The smallest absolute Gasteiger partial charge is 0.341 e. The Morgan fingerprint density at radius 2 is 1.93 bits per heavy atom. The molecule has 0 spiro atoms. The lowest BCUT2D eigenvalue weighted by molar-refractivity contribution is -0.137. The van der Waals surface area contributed by atoms with Gasteiger partial charge in [0, 0.05) is 13.1 Å². The molecule has 5 nitrogen and oxygen atoms in total. The highest BCUT2D eigenvalue weighted by Crippen LogP contribution is 2.34. The first-order chi connectivity index (χ1) is 13.1. The first kappa shape index (κ1) is 20.4. The van der Waals surface area contributed by atoms with Crippen LogP contribution in [0.4, 0.5) is 18.0 Å². The van der Waals surface area contributed by atoms with Gasteiger partial charge in [-0.05, 0) is 54.3 Å². The molecular formula is C19H19F3N2O3S. The van der Waals surface area contributed by atoms with Gasteiger partial charge in [0.2, 0.25) is 5.91 Å². The predicted octanol–water partition coefficient (Wildman–Crippen LogP) is 4.00. The molecule has 2 aliphatic heterocycles. The molecule has 0 bridgehead atoms. The molecule has 0 saturated carbocycles. The molecule has 1 aromatic rings. The van der Waals surface area contributed by atoms with Crippen molar-refractivity contribution >= 4 is 34.9 Å². The lowest BCUT2D eigenvalue weighted by Crippen LogP contribution is -2.45. The van der Waals surface area contributed by atoms with Gasteiger partial charge in [0.25, 0.3) is 11.1 Å². The van der Waals surface area contributed by atoms with Crippen LogP contribution in [0.15, 0.2) is 29.2 Å². The number of hydrogen-bond donors (Lipinski definition) is 0. The molecular weight excluding hydrogens is 393 g/mol. The lowest BCUT2D eigenvalue weighted by Gasteiger charge is -2.31. The van der Waals surface area contributed by atoms with E-state index < -0.39 is 22.9 Å². The summed E-state index contributed by atoms with van der Waals surface area (Å²) in [4.78, 5) is 39.5. The van der Waals surface area contributed by atoms with E-state index in [1.165, 1.54) is 18.2 Å². The number of nitrogens with zero attached hydrogens (tertiary/aromatic N) is 2. The maximum atomic E-state index is 12.8. The molecule has 3 amide bonds. The number of benzene rings is 1. The zero-order valence-corrected chi connectivity index (χ0v) is 16.0. The number of piperidine rings is 1. The number of carbonyl (C=O) groups is 3. The van der Waals surface area contributed by atoms with Crippen molar-refractivity contribution in [3.05, 3.63) is 40.3 Å². The Bertz CT molecular complexity index is 830. The minimum Gasteiger partial charge on any atom is -0.341 e. The molecule has 2 saturated heterocycles. The number of carbonyl (C=O) groups excluding carboxylic acids is 3. The molecule has 0 unspecified atom stereocenters. The highest BCUT2D eigenvalue weighted by molar-refractivity contribution is 8.18. The van der Waals surface area contributed by atoms with Crippen LogP contribution in [0.2, 0.25) is 0 Å². The molecule has 2 fully saturated rings. The second-order valence-electron chi connectivity index (χ2n) is 6.95. The van der Waals surface area contributed by atoms with Crippen LogP contribution in [0.5, 0.6) is 0 Å². The van der Waals surface area contributed by atoms with Crippen molar-refractivity contribution in [1.29, 1.82) is 0 Å². The van der Waals surface area contributed by atoms with E-state index in [-0.39, 0.29) is 22.9 Å². The quantitative estimate of drug-likeness (QED) is 0.705. The predicted molar refractivity (Wildman–Crippen MR) is 99.1 cm³/mol. The number of halogens is 3. The van der Waals surface area contributed by atoms with E-state index in [0.717, 1.165) is 29.9 Å². The highest BCUT2D eigenvalue weighted by Gasteiger charge is 2.37. The van der Waals surface area contributed by atoms with Gasteiger partial charge in [-0.3, -0.25) is 19.3 Å². The van der Waals surface area contributed by atoms with Crippen LogP contribution in [0.25, 0.3) is 6.08 Å². The van der Waals surface area contributed by atoms with E-state index >= 15 is 0 Å². The fourth-order valence-electron chi connectivity index (χ4n) is 3.09. The third-order valence-corrected chi connectivity index (χ3v) is 5.72. The first-order valence-electron chi connectivity index (χ1n) is 8.85. The van der Waals surface area contributed by atoms with Crippen LogP contribution in [0, 0.1) is 5.92 Å². The molecule has 2 heterocycles. The van der Waals surface area contributed by atoms with E-state index in [9.17, 15) is 27.6 Å². The van der Waals surface area contributed by atoms with Crippen molar-refractivity contribution in [2.45, 2.75) is 25.9 Å². The van der Waals surface area contributed by atoms with Crippen molar-refractivity contribution in [2.75, 3.05) is 19.6 Å². The number of thioether (sulfide) groups is 1. The van der Waals surface area contributed by atoms with Crippen LogP contribution in [0.3, 0.4) is 0 Å². The molecule has 0 N–H and O–H groups in total. The Morgan fingerprint density at radius 1 is 1.25 bits per heavy atom. The Hall–Kier alpha value is -2.29. The normalized spacial score (nSPS) is 20.4. The van der Waals surface area contributed by atoms with Crippen LogP contribution < -0.4 is 0 Å². The summed E-state index contributed by atoms with van der Waals surface area (Å²) >= 11 is 0.626. The summed E-state index contributed by atoms with van der Waals surface area (Å²) < 4.78 is 38.5. The maximum Gasteiger partial charge on any atom is 0.416 e.